The first-order valence-electron chi connectivity index (χ1n) is 9.15. The van der Waals surface area contributed by atoms with E-state index in [1.54, 1.807) is 13.3 Å². The first kappa shape index (κ1) is 19.7. The molecule has 0 bridgehead atoms. The van der Waals surface area contributed by atoms with Crippen molar-refractivity contribution in [2.45, 2.75) is 20.3 Å². The fraction of sp³-hybridized carbons (Fsp3) is 0.217. The van der Waals surface area contributed by atoms with Crippen molar-refractivity contribution in [1.82, 2.24) is 4.98 Å². The Bertz CT molecular complexity index is 997. The molecule has 1 N–H and O–H groups in total. The van der Waals surface area contributed by atoms with Crippen molar-refractivity contribution in [3.8, 4) is 23.1 Å². The number of ether oxygens (including phenoxy) is 1. The van der Waals surface area contributed by atoms with Gasteiger partial charge in [-0.3, -0.25) is 0 Å². The van der Waals surface area contributed by atoms with Gasteiger partial charge in [-0.25, -0.2) is 4.98 Å². The molecule has 0 aliphatic heterocycles. The maximum absolute atomic E-state index is 9.54. The summed E-state index contributed by atoms with van der Waals surface area (Å²) in [5.41, 5.74) is 4.63. The van der Waals surface area contributed by atoms with Crippen LogP contribution in [0.2, 0.25) is 0 Å². The number of nitriles is 1. The molecule has 5 heteroatoms. The zero-order valence-electron chi connectivity index (χ0n) is 16.3. The highest BCUT2D eigenvalue weighted by Crippen LogP contribution is 2.27. The Kier molecular flexibility index (Phi) is 6.46. The Hall–Kier alpha value is -3.10. The average molecular weight is 390 g/mol. The molecule has 0 unspecified atom stereocenters. The summed E-state index contributed by atoms with van der Waals surface area (Å²) in [6, 6.07) is 18.3. The van der Waals surface area contributed by atoms with Crippen LogP contribution in [0.25, 0.3) is 16.8 Å². The van der Waals surface area contributed by atoms with Gasteiger partial charge in [-0.05, 0) is 30.0 Å². The quantitative estimate of drug-likeness (QED) is 0.504. The smallest absolute Gasteiger partial charge is 0.136 e. The van der Waals surface area contributed by atoms with Crippen molar-refractivity contribution < 1.29 is 4.74 Å². The second-order valence-corrected chi connectivity index (χ2v) is 7.74. The fourth-order valence-corrected chi connectivity index (χ4v) is 3.62. The van der Waals surface area contributed by atoms with Gasteiger partial charge < -0.3 is 10.1 Å². The number of anilines is 1. The Labute approximate surface area is 170 Å². The molecule has 3 rings (SSSR count). The first-order chi connectivity index (χ1) is 13.6. The molecule has 0 spiro atoms. The van der Waals surface area contributed by atoms with E-state index in [2.05, 4.69) is 54.5 Å². The molecule has 0 aliphatic rings. The van der Waals surface area contributed by atoms with E-state index in [4.69, 9.17) is 4.74 Å². The van der Waals surface area contributed by atoms with Gasteiger partial charge in [0.25, 0.3) is 0 Å². The van der Waals surface area contributed by atoms with Gasteiger partial charge in [-0.1, -0.05) is 44.2 Å². The minimum atomic E-state index is 0.496. The summed E-state index contributed by atoms with van der Waals surface area (Å²) < 4.78 is 5.22. The van der Waals surface area contributed by atoms with E-state index in [9.17, 15) is 5.26 Å². The lowest BCUT2D eigenvalue weighted by Crippen LogP contribution is -1.93. The molecule has 0 saturated carbocycles. The number of methoxy groups -OCH3 is 1. The number of nitrogens with one attached hydrogen (secondary N) is 1. The third-order valence-corrected chi connectivity index (χ3v) is 5.08. The monoisotopic (exact) mass is 389 g/mol. The summed E-state index contributed by atoms with van der Waals surface area (Å²) in [5.74, 6) is 1.39. The number of benzene rings is 2. The molecule has 4 nitrogen and oxygen atoms in total. The molecule has 3 aromatic rings. The predicted molar refractivity (Wildman–Crippen MR) is 116 cm³/mol. The summed E-state index contributed by atoms with van der Waals surface area (Å²) >= 11 is 1.47. The summed E-state index contributed by atoms with van der Waals surface area (Å²) in [5, 5.41) is 15.4. The van der Waals surface area contributed by atoms with Crippen LogP contribution in [0.1, 0.15) is 24.4 Å². The maximum Gasteiger partial charge on any atom is 0.136 e. The van der Waals surface area contributed by atoms with E-state index in [1.165, 1.54) is 16.9 Å². The largest absolute Gasteiger partial charge is 0.497 e. The van der Waals surface area contributed by atoms with E-state index in [1.807, 2.05) is 29.6 Å². The number of rotatable bonds is 7. The van der Waals surface area contributed by atoms with Gasteiger partial charge in [0, 0.05) is 28.9 Å². The van der Waals surface area contributed by atoms with Crippen LogP contribution >= 0.6 is 11.3 Å². The highest BCUT2D eigenvalue weighted by Gasteiger charge is 2.09. The lowest BCUT2D eigenvalue weighted by atomic mass is 10.0. The van der Waals surface area contributed by atoms with Gasteiger partial charge in [0.15, 0.2) is 0 Å². The van der Waals surface area contributed by atoms with Crippen molar-refractivity contribution >= 4 is 22.6 Å². The second kappa shape index (κ2) is 9.20. The topological polar surface area (TPSA) is 57.9 Å². The standard InChI is InChI=1S/C23H23N3OS/c1-16(2)11-17-7-9-18(10-8-17)22-15-28-23(26-22)19(13-24)14-25-20-5-4-6-21(12-20)27-3/h4-10,12,14-16,25H,11H2,1-3H3. The Morgan fingerprint density at radius 1 is 1.25 bits per heavy atom. The third kappa shape index (κ3) is 4.99. The van der Waals surface area contributed by atoms with Crippen LogP contribution in [-0.4, -0.2) is 12.1 Å². The second-order valence-electron chi connectivity index (χ2n) is 6.88. The maximum atomic E-state index is 9.54. The first-order valence-corrected chi connectivity index (χ1v) is 10.0. The van der Waals surface area contributed by atoms with Crippen LogP contribution in [0.15, 0.2) is 60.1 Å². The van der Waals surface area contributed by atoms with Crippen LogP contribution in [-0.2, 0) is 6.42 Å². The molecule has 0 fully saturated rings. The Morgan fingerprint density at radius 2 is 2.04 bits per heavy atom. The average Bonchev–Trinajstić information content (AvgIpc) is 3.19. The van der Waals surface area contributed by atoms with E-state index in [0.29, 0.717) is 16.5 Å². The number of allylic oxidation sites excluding steroid dienone is 1. The van der Waals surface area contributed by atoms with E-state index >= 15 is 0 Å². The van der Waals surface area contributed by atoms with E-state index < -0.39 is 0 Å². The van der Waals surface area contributed by atoms with Crippen LogP contribution in [0.4, 0.5) is 5.69 Å². The fourth-order valence-electron chi connectivity index (χ4n) is 2.82. The Balaban J connectivity index is 1.76. The highest BCUT2D eigenvalue weighted by atomic mass is 32.1. The summed E-state index contributed by atoms with van der Waals surface area (Å²) in [4.78, 5) is 4.65. The van der Waals surface area contributed by atoms with Crippen LogP contribution < -0.4 is 10.1 Å². The molecule has 2 aromatic carbocycles. The van der Waals surface area contributed by atoms with Gasteiger partial charge in [-0.2, -0.15) is 5.26 Å². The van der Waals surface area contributed by atoms with Crippen molar-refractivity contribution in [2.75, 3.05) is 12.4 Å². The highest BCUT2D eigenvalue weighted by molar-refractivity contribution is 7.11. The van der Waals surface area contributed by atoms with Crippen molar-refractivity contribution in [3.05, 3.63) is 70.7 Å². The van der Waals surface area contributed by atoms with Gasteiger partial charge in [0.1, 0.15) is 22.4 Å². The molecule has 0 radical (unpaired) electrons. The molecule has 1 aromatic heterocycles. The Morgan fingerprint density at radius 3 is 2.71 bits per heavy atom. The minimum absolute atomic E-state index is 0.496. The van der Waals surface area contributed by atoms with Gasteiger partial charge in [0.05, 0.1) is 12.8 Å². The summed E-state index contributed by atoms with van der Waals surface area (Å²) in [6.07, 6.45) is 2.75. The number of hydrogen-bond donors (Lipinski definition) is 1. The van der Waals surface area contributed by atoms with Gasteiger partial charge >= 0.3 is 0 Å². The predicted octanol–water partition coefficient (Wildman–Crippen LogP) is 5.99. The SMILES string of the molecule is COc1cccc(NC=C(C#N)c2nc(-c3ccc(CC(C)C)cc3)cs2)c1. The van der Waals surface area contributed by atoms with Crippen LogP contribution in [0, 0.1) is 17.2 Å². The lowest BCUT2D eigenvalue weighted by Gasteiger charge is -2.05. The lowest BCUT2D eigenvalue weighted by molar-refractivity contribution is 0.415. The molecule has 1 heterocycles. The zero-order chi connectivity index (χ0) is 19.9. The molecule has 0 aliphatic carbocycles. The number of hydrogen-bond acceptors (Lipinski definition) is 5. The summed E-state index contributed by atoms with van der Waals surface area (Å²) in [7, 11) is 1.63. The van der Waals surface area contributed by atoms with Crippen molar-refractivity contribution in [3.63, 3.8) is 0 Å². The van der Waals surface area contributed by atoms with Gasteiger partial charge in [-0.15, -0.1) is 11.3 Å². The number of thiazole rings is 1. The zero-order valence-corrected chi connectivity index (χ0v) is 17.1. The van der Waals surface area contributed by atoms with Crippen LogP contribution in [0.5, 0.6) is 5.75 Å². The number of nitrogens with zero attached hydrogens (tertiary/aromatic N) is 2. The minimum Gasteiger partial charge on any atom is -0.497 e. The number of aromatic nitrogens is 1. The van der Waals surface area contributed by atoms with E-state index in [0.717, 1.165) is 29.1 Å². The summed E-state index contributed by atoms with van der Waals surface area (Å²) in [6.45, 7) is 4.44. The molecule has 28 heavy (non-hydrogen) atoms. The van der Waals surface area contributed by atoms with E-state index in [-0.39, 0.29) is 0 Å². The third-order valence-electron chi connectivity index (χ3n) is 4.20. The molecule has 0 amide bonds. The normalized spacial score (nSPS) is 11.3. The molecular weight excluding hydrogens is 366 g/mol. The van der Waals surface area contributed by atoms with Crippen molar-refractivity contribution in [2.24, 2.45) is 5.92 Å². The van der Waals surface area contributed by atoms with Crippen LogP contribution in [0.3, 0.4) is 0 Å². The molecule has 0 saturated heterocycles. The van der Waals surface area contributed by atoms with Crippen molar-refractivity contribution in [1.29, 1.82) is 5.26 Å². The molecule has 142 valence electrons. The molecular formula is C23H23N3OS. The van der Waals surface area contributed by atoms with Gasteiger partial charge in [0.2, 0.25) is 0 Å². The molecule has 0 atom stereocenters.